The average molecular weight is 592 g/mol. The number of rotatable bonds is 11. The number of ether oxygens (including phenoxy) is 1. The summed E-state index contributed by atoms with van der Waals surface area (Å²) in [5.74, 6) is -2.77. The number of hydrogen-bond donors (Lipinski definition) is 4. The van der Waals surface area contributed by atoms with Gasteiger partial charge in [-0.2, -0.15) is 11.8 Å². The first-order valence-corrected chi connectivity index (χ1v) is 15.7. The van der Waals surface area contributed by atoms with Gasteiger partial charge in [0.25, 0.3) is 0 Å². The molecule has 0 aromatic rings. The van der Waals surface area contributed by atoms with Gasteiger partial charge in [-0.05, 0) is 74.5 Å². The van der Waals surface area contributed by atoms with Gasteiger partial charge in [0.1, 0.15) is 11.6 Å². The molecule has 0 unspecified atom stereocenters. The predicted molar refractivity (Wildman–Crippen MR) is 151 cm³/mol. The van der Waals surface area contributed by atoms with Gasteiger partial charge in [-0.1, -0.05) is 25.5 Å². The lowest BCUT2D eigenvalue weighted by Gasteiger charge is -2.59. The van der Waals surface area contributed by atoms with Crippen LogP contribution in [0, 0.1) is 28.6 Å². The van der Waals surface area contributed by atoms with Crippen molar-refractivity contribution in [3.63, 3.8) is 0 Å². The number of allylic oxidation sites excluding steroid dienone is 4. The molecular weight excluding hydrogens is 550 g/mol. The van der Waals surface area contributed by atoms with Gasteiger partial charge in [0, 0.05) is 23.2 Å². The first kappa shape index (κ1) is 31.4. The van der Waals surface area contributed by atoms with Gasteiger partial charge in [-0.25, -0.2) is 4.79 Å². The molecule has 0 saturated heterocycles. The van der Waals surface area contributed by atoms with Crippen molar-refractivity contribution >= 4 is 41.2 Å². The van der Waals surface area contributed by atoms with Gasteiger partial charge in [-0.3, -0.25) is 19.2 Å². The summed E-state index contributed by atoms with van der Waals surface area (Å²) in [6, 6.07) is -1.05. The summed E-state index contributed by atoms with van der Waals surface area (Å²) in [7, 11) is 0. The number of carbonyl (C=O) groups is 5. The van der Waals surface area contributed by atoms with E-state index in [1.54, 1.807) is 12.2 Å². The van der Waals surface area contributed by atoms with E-state index in [1.807, 2.05) is 19.3 Å². The molecule has 0 heterocycles. The van der Waals surface area contributed by atoms with Gasteiger partial charge < -0.3 is 25.4 Å². The second kappa shape index (κ2) is 12.0. The number of nitrogens with one attached hydrogen (secondary N) is 1. The normalized spacial score (nSPS) is 36.3. The van der Waals surface area contributed by atoms with Crippen LogP contribution < -0.4 is 5.32 Å². The van der Waals surface area contributed by atoms with Crippen LogP contribution in [0.25, 0.3) is 0 Å². The number of carboxylic acids is 1. The third-order valence-electron chi connectivity index (χ3n) is 10.3. The van der Waals surface area contributed by atoms with E-state index in [4.69, 9.17) is 4.74 Å². The average Bonchev–Trinajstić information content (AvgIpc) is 3.19. The second-order valence-corrected chi connectivity index (χ2v) is 13.4. The monoisotopic (exact) mass is 591 g/mol. The molecule has 0 bridgehead atoms. The molecule has 0 aliphatic heterocycles. The lowest BCUT2D eigenvalue weighted by atomic mass is 9.46. The number of aliphatic carboxylic acids is 1. The Balaban J connectivity index is 1.36. The Morgan fingerprint density at radius 3 is 2.61 bits per heavy atom. The van der Waals surface area contributed by atoms with Crippen LogP contribution in [0.2, 0.25) is 0 Å². The zero-order valence-corrected chi connectivity index (χ0v) is 24.7. The first-order chi connectivity index (χ1) is 19.3. The Morgan fingerprint density at radius 2 is 1.93 bits per heavy atom. The maximum atomic E-state index is 13.4. The van der Waals surface area contributed by atoms with Crippen LogP contribution in [0.1, 0.15) is 65.2 Å². The van der Waals surface area contributed by atoms with Crippen LogP contribution in [-0.2, 0) is 28.7 Å². The molecule has 4 aliphatic rings. The SMILES string of the molecule is CSCC[C@H](NC(=O)CCC(=O)OCC(=O)[C@@]1(O)CC[C@@H]2[C@@H]3CCC4=CC(=O)C=C[C@]4(C)[C@@H]3[C@@H](O)C[C@@]21C)C(=O)O. The Hall–Kier alpha value is -2.50. The number of aliphatic hydroxyl groups excluding tert-OH is 1. The lowest BCUT2D eigenvalue weighted by Crippen LogP contribution is -2.61. The molecule has 0 aromatic heterocycles. The molecule has 1 amide bonds. The van der Waals surface area contributed by atoms with Crippen molar-refractivity contribution < 1.29 is 44.0 Å². The molecule has 41 heavy (non-hydrogen) atoms. The Kier molecular flexibility index (Phi) is 9.21. The molecule has 3 saturated carbocycles. The lowest BCUT2D eigenvalue weighted by molar-refractivity contribution is -0.181. The predicted octanol–water partition coefficient (Wildman–Crippen LogP) is 2.21. The minimum Gasteiger partial charge on any atom is -0.480 e. The highest BCUT2D eigenvalue weighted by Crippen LogP contribution is 2.67. The number of aliphatic hydroxyl groups is 2. The fourth-order valence-corrected chi connectivity index (χ4v) is 8.57. The van der Waals surface area contributed by atoms with E-state index < -0.39 is 58.8 Å². The minimum atomic E-state index is -1.78. The van der Waals surface area contributed by atoms with Crippen molar-refractivity contribution in [1.29, 1.82) is 0 Å². The van der Waals surface area contributed by atoms with E-state index in [0.717, 1.165) is 18.4 Å². The number of thioether (sulfide) groups is 1. The summed E-state index contributed by atoms with van der Waals surface area (Å²) < 4.78 is 5.14. The number of amides is 1. The van der Waals surface area contributed by atoms with Crippen LogP contribution >= 0.6 is 11.8 Å². The summed E-state index contributed by atoms with van der Waals surface area (Å²) >= 11 is 1.46. The molecule has 0 aromatic carbocycles. The van der Waals surface area contributed by atoms with Crippen molar-refractivity contribution in [2.45, 2.75) is 83.0 Å². The van der Waals surface area contributed by atoms with E-state index in [-0.39, 0.29) is 55.6 Å². The summed E-state index contributed by atoms with van der Waals surface area (Å²) in [6.45, 7) is 3.25. The van der Waals surface area contributed by atoms with E-state index in [2.05, 4.69) is 12.2 Å². The number of carbonyl (C=O) groups excluding carboxylic acids is 4. The quantitative estimate of drug-likeness (QED) is 0.262. The molecule has 0 radical (unpaired) electrons. The van der Waals surface area contributed by atoms with E-state index in [0.29, 0.717) is 12.2 Å². The standard InChI is InChI=1S/C30H41NO9S/c1-28-11-8-18(32)14-17(28)4-5-19-20-9-12-30(39,29(20,2)15-22(33)26(19)28)23(34)16-40-25(36)7-6-24(35)31-21(27(37)38)10-13-41-3/h8,11,14,19-22,26,33,39H,4-7,9-10,12-13,15-16H2,1-3H3,(H,31,35)(H,37,38)/t19-,20+,21-,22-,26-,28-,29-,30-/m0/s1. The number of carboxylic acid groups (broad SMARTS) is 1. The van der Waals surface area contributed by atoms with Crippen molar-refractivity contribution in [2.75, 3.05) is 18.6 Å². The van der Waals surface area contributed by atoms with Crippen LogP contribution in [0.15, 0.2) is 23.8 Å². The van der Waals surface area contributed by atoms with Crippen molar-refractivity contribution in [3.05, 3.63) is 23.8 Å². The zero-order chi connectivity index (χ0) is 30.2. The minimum absolute atomic E-state index is 0.0260. The third kappa shape index (κ3) is 5.77. The topological polar surface area (TPSA) is 167 Å². The number of fused-ring (bicyclic) bond motifs is 5. The second-order valence-electron chi connectivity index (χ2n) is 12.4. The third-order valence-corrected chi connectivity index (χ3v) is 10.9. The molecule has 4 rings (SSSR count). The van der Waals surface area contributed by atoms with Crippen molar-refractivity contribution in [3.8, 4) is 0 Å². The van der Waals surface area contributed by atoms with Gasteiger partial charge in [0.2, 0.25) is 11.7 Å². The maximum absolute atomic E-state index is 13.4. The molecule has 11 heteroatoms. The van der Waals surface area contributed by atoms with Crippen molar-refractivity contribution in [1.82, 2.24) is 5.32 Å². The van der Waals surface area contributed by atoms with Crippen LogP contribution in [-0.4, -0.2) is 81.1 Å². The molecule has 3 fully saturated rings. The van der Waals surface area contributed by atoms with E-state index in [1.165, 1.54) is 11.8 Å². The smallest absolute Gasteiger partial charge is 0.326 e. The summed E-state index contributed by atoms with van der Waals surface area (Å²) in [5.41, 5.74) is -2.12. The van der Waals surface area contributed by atoms with Crippen LogP contribution in [0.5, 0.6) is 0 Å². The Labute approximate surface area is 244 Å². The largest absolute Gasteiger partial charge is 0.480 e. The van der Waals surface area contributed by atoms with E-state index in [9.17, 15) is 39.3 Å². The highest BCUT2D eigenvalue weighted by molar-refractivity contribution is 7.98. The van der Waals surface area contributed by atoms with Gasteiger partial charge >= 0.3 is 11.9 Å². The van der Waals surface area contributed by atoms with E-state index >= 15 is 0 Å². The maximum Gasteiger partial charge on any atom is 0.326 e. The zero-order valence-electron chi connectivity index (χ0n) is 23.9. The highest BCUT2D eigenvalue weighted by atomic mass is 32.2. The van der Waals surface area contributed by atoms with Crippen LogP contribution in [0.4, 0.5) is 0 Å². The molecule has 4 N–H and O–H groups in total. The molecule has 4 aliphatic carbocycles. The fraction of sp³-hybridized carbons (Fsp3) is 0.700. The molecular formula is C30H41NO9S. The van der Waals surface area contributed by atoms with Gasteiger partial charge in [0.05, 0.1) is 12.5 Å². The highest BCUT2D eigenvalue weighted by Gasteiger charge is 2.68. The Morgan fingerprint density at radius 1 is 1.20 bits per heavy atom. The number of Topliss-reactive ketones (excluding diaryl/α,β-unsaturated/α-hetero) is 1. The van der Waals surface area contributed by atoms with Gasteiger partial charge in [-0.15, -0.1) is 0 Å². The summed E-state index contributed by atoms with van der Waals surface area (Å²) in [5, 5.41) is 34.9. The molecule has 226 valence electrons. The number of esters is 1. The van der Waals surface area contributed by atoms with Crippen molar-refractivity contribution in [2.24, 2.45) is 28.6 Å². The summed E-state index contributed by atoms with van der Waals surface area (Å²) in [6.07, 6.45) is 8.30. The fourth-order valence-electron chi connectivity index (χ4n) is 8.10. The summed E-state index contributed by atoms with van der Waals surface area (Å²) in [4.78, 5) is 61.2. The number of hydrogen-bond acceptors (Lipinski definition) is 9. The molecule has 10 nitrogen and oxygen atoms in total. The molecule has 0 spiro atoms. The van der Waals surface area contributed by atoms with Gasteiger partial charge in [0.15, 0.2) is 12.4 Å². The first-order valence-electron chi connectivity index (χ1n) is 14.3. The molecule has 8 atom stereocenters. The van der Waals surface area contributed by atoms with Crippen LogP contribution in [0.3, 0.4) is 0 Å². The number of ketones is 2. The Bertz CT molecular complexity index is 1170.